The topological polar surface area (TPSA) is 106 Å². The first kappa shape index (κ1) is 19.5. The van der Waals surface area contributed by atoms with Crippen molar-refractivity contribution in [2.24, 2.45) is 5.73 Å². The van der Waals surface area contributed by atoms with Crippen LogP contribution < -0.4 is 16.4 Å². The minimum Gasteiger partial charge on any atom is -0.448 e. The van der Waals surface area contributed by atoms with Crippen molar-refractivity contribution >= 4 is 12.2 Å². The van der Waals surface area contributed by atoms with E-state index < -0.39 is 12.2 Å². The molecule has 8 heteroatoms. The van der Waals surface area contributed by atoms with Crippen molar-refractivity contribution in [3.05, 3.63) is 0 Å². The van der Waals surface area contributed by atoms with Crippen molar-refractivity contribution in [2.75, 3.05) is 52.5 Å². The van der Waals surface area contributed by atoms with E-state index in [9.17, 15) is 9.59 Å². The highest BCUT2D eigenvalue weighted by Crippen LogP contribution is 1.93. The lowest BCUT2D eigenvalue weighted by atomic mass is 10.3. The molecular formula is C13H28N4O4. The molecule has 0 spiro atoms. The second-order valence-electron chi connectivity index (χ2n) is 4.32. The summed E-state index contributed by atoms with van der Waals surface area (Å²) >= 11 is 0. The first-order valence-electron chi connectivity index (χ1n) is 7.37. The SMILES string of the molecule is CCNC(=O)OCCN(CCCN)CCOC(=O)NCC. The van der Waals surface area contributed by atoms with Gasteiger partial charge in [0.2, 0.25) is 0 Å². The molecule has 8 nitrogen and oxygen atoms in total. The Balaban J connectivity index is 3.90. The molecule has 0 aromatic heterocycles. The predicted molar refractivity (Wildman–Crippen MR) is 80.2 cm³/mol. The maximum absolute atomic E-state index is 11.2. The average molecular weight is 304 g/mol. The monoisotopic (exact) mass is 304 g/mol. The Kier molecular flexibility index (Phi) is 12.5. The van der Waals surface area contributed by atoms with Crippen molar-refractivity contribution < 1.29 is 19.1 Å². The first-order valence-corrected chi connectivity index (χ1v) is 7.37. The van der Waals surface area contributed by atoms with E-state index in [1.54, 1.807) is 0 Å². The fourth-order valence-electron chi connectivity index (χ4n) is 1.58. The van der Waals surface area contributed by atoms with Gasteiger partial charge in [-0.2, -0.15) is 0 Å². The molecular weight excluding hydrogens is 276 g/mol. The molecule has 0 atom stereocenters. The van der Waals surface area contributed by atoms with E-state index in [4.69, 9.17) is 15.2 Å². The highest BCUT2D eigenvalue weighted by atomic mass is 16.6. The summed E-state index contributed by atoms with van der Waals surface area (Å²) in [4.78, 5) is 24.4. The van der Waals surface area contributed by atoms with Crippen molar-refractivity contribution in [1.29, 1.82) is 0 Å². The standard InChI is InChI=1S/C13H28N4O4/c1-3-15-12(18)20-10-8-17(7-5-6-14)9-11-21-13(19)16-4-2/h3-11,14H2,1-2H3,(H,15,18)(H,16,19). The number of rotatable bonds is 11. The van der Waals surface area contributed by atoms with Gasteiger partial charge >= 0.3 is 12.2 Å². The summed E-state index contributed by atoms with van der Waals surface area (Å²) in [5.41, 5.74) is 5.49. The highest BCUT2D eigenvalue weighted by molar-refractivity contribution is 5.67. The summed E-state index contributed by atoms with van der Waals surface area (Å²) in [6.45, 7) is 7.83. The second kappa shape index (κ2) is 13.4. The minimum atomic E-state index is -0.421. The zero-order chi connectivity index (χ0) is 15.9. The molecule has 0 radical (unpaired) electrons. The van der Waals surface area contributed by atoms with E-state index in [0.29, 0.717) is 32.7 Å². The molecule has 21 heavy (non-hydrogen) atoms. The fourth-order valence-corrected chi connectivity index (χ4v) is 1.58. The molecule has 0 heterocycles. The quantitative estimate of drug-likeness (QED) is 0.501. The molecule has 0 saturated carbocycles. The smallest absolute Gasteiger partial charge is 0.407 e. The second-order valence-corrected chi connectivity index (χ2v) is 4.32. The maximum atomic E-state index is 11.2. The average Bonchev–Trinajstić information content (AvgIpc) is 2.44. The number of amides is 2. The number of nitrogens with one attached hydrogen (secondary N) is 2. The van der Waals surface area contributed by atoms with Crippen LogP contribution in [0.2, 0.25) is 0 Å². The van der Waals surface area contributed by atoms with Crippen LogP contribution in [0, 0.1) is 0 Å². The molecule has 0 rings (SSSR count). The lowest BCUT2D eigenvalue weighted by molar-refractivity contribution is 0.107. The van der Waals surface area contributed by atoms with Gasteiger partial charge in [-0.3, -0.25) is 4.90 Å². The third-order valence-electron chi connectivity index (χ3n) is 2.60. The van der Waals surface area contributed by atoms with Crippen LogP contribution in [0.5, 0.6) is 0 Å². The van der Waals surface area contributed by atoms with Crippen LogP contribution in [-0.4, -0.2) is 69.6 Å². The van der Waals surface area contributed by atoms with Crippen LogP contribution in [0.1, 0.15) is 20.3 Å². The van der Waals surface area contributed by atoms with Crippen LogP contribution in [0.25, 0.3) is 0 Å². The number of nitrogens with two attached hydrogens (primary N) is 1. The lowest BCUT2D eigenvalue weighted by Gasteiger charge is -2.21. The van der Waals surface area contributed by atoms with E-state index in [0.717, 1.165) is 13.0 Å². The van der Waals surface area contributed by atoms with Crippen LogP contribution in [-0.2, 0) is 9.47 Å². The minimum absolute atomic E-state index is 0.289. The maximum Gasteiger partial charge on any atom is 0.407 e. The molecule has 0 fully saturated rings. The van der Waals surface area contributed by atoms with Gasteiger partial charge in [-0.1, -0.05) is 0 Å². The number of hydrogen-bond donors (Lipinski definition) is 3. The Labute approximate surface area is 126 Å². The molecule has 0 aliphatic rings. The van der Waals surface area contributed by atoms with Gasteiger partial charge in [0, 0.05) is 26.2 Å². The zero-order valence-electron chi connectivity index (χ0n) is 13.0. The Morgan fingerprint density at radius 3 is 1.81 bits per heavy atom. The van der Waals surface area contributed by atoms with Crippen molar-refractivity contribution in [3.8, 4) is 0 Å². The number of carbonyl (C=O) groups is 2. The number of ether oxygens (including phenoxy) is 2. The molecule has 0 aromatic carbocycles. The molecule has 0 saturated heterocycles. The highest BCUT2D eigenvalue weighted by Gasteiger charge is 2.08. The van der Waals surface area contributed by atoms with Gasteiger partial charge in [0.1, 0.15) is 13.2 Å². The van der Waals surface area contributed by atoms with Gasteiger partial charge in [0.15, 0.2) is 0 Å². The summed E-state index contributed by atoms with van der Waals surface area (Å²) in [6.07, 6.45) is -0.00725. The van der Waals surface area contributed by atoms with E-state index in [1.807, 2.05) is 18.7 Å². The first-order chi connectivity index (χ1) is 10.1. The summed E-state index contributed by atoms with van der Waals surface area (Å²) < 4.78 is 10.0. The Morgan fingerprint density at radius 2 is 1.43 bits per heavy atom. The molecule has 0 aliphatic heterocycles. The number of alkyl carbamates (subject to hydrolysis) is 2. The molecule has 2 amide bonds. The van der Waals surface area contributed by atoms with Crippen molar-refractivity contribution in [2.45, 2.75) is 20.3 Å². The summed E-state index contributed by atoms with van der Waals surface area (Å²) in [6, 6.07) is 0. The van der Waals surface area contributed by atoms with Crippen molar-refractivity contribution in [3.63, 3.8) is 0 Å². The predicted octanol–water partition coefficient (Wildman–Crippen LogP) is 0.129. The Morgan fingerprint density at radius 1 is 0.952 bits per heavy atom. The van der Waals surface area contributed by atoms with Gasteiger partial charge in [-0.25, -0.2) is 9.59 Å². The largest absolute Gasteiger partial charge is 0.448 e. The summed E-state index contributed by atoms with van der Waals surface area (Å²) in [5, 5.41) is 5.11. The molecule has 0 aliphatic carbocycles. The third kappa shape index (κ3) is 11.9. The lowest BCUT2D eigenvalue weighted by Crippen LogP contribution is -2.36. The van der Waals surface area contributed by atoms with Gasteiger partial charge in [-0.15, -0.1) is 0 Å². The fraction of sp³-hybridized carbons (Fsp3) is 0.846. The Hall–Kier alpha value is -1.54. The van der Waals surface area contributed by atoms with Crippen LogP contribution in [0.15, 0.2) is 0 Å². The molecule has 4 N–H and O–H groups in total. The van der Waals surface area contributed by atoms with Crippen LogP contribution >= 0.6 is 0 Å². The van der Waals surface area contributed by atoms with Gasteiger partial charge in [0.05, 0.1) is 0 Å². The molecule has 0 bridgehead atoms. The van der Waals surface area contributed by atoms with E-state index in [1.165, 1.54) is 0 Å². The molecule has 0 aromatic rings. The number of carbonyl (C=O) groups excluding carboxylic acids is 2. The molecule has 124 valence electrons. The van der Waals surface area contributed by atoms with Crippen LogP contribution in [0.3, 0.4) is 0 Å². The zero-order valence-corrected chi connectivity index (χ0v) is 13.0. The van der Waals surface area contributed by atoms with E-state index >= 15 is 0 Å². The summed E-state index contributed by atoms with van der Waals surface area (Å²) in [5.74, 6) is 0. The molecule has 0 unspecified atom stereocenters. The van der Waals surface area contributed by atoms with Crippen LogP contribution in [0.4, 0.5) is 9.59 Å². The third-order valence-corrected chi connectivity index (χ3v) is 2.60. The van der Waals surface area contributed by atoms with Gasteiger partial charge in [0.25, 0.3) is 0 Å². The van der Waals surface area contributed by atoms with Gasteiger partial charge < -0.3 is 25.8 Å². The van der Waals surface area contributed by atoms with E-state index in [-0.39, 0.29) is 13.2 Å². The Bertz CT molecular complexity index is 265. The van der Waals surface area contributed by atoms with Gasteiger partial charge in [-0.05, 0) is 33.4 Å². The van der Waals surface area contributed by atoms with Crippen molar-refractivity contribution in [1.82, 2.24) is 15.5 Å². The van der Waals surface area contributed by atoms with E-state index in [2.05, 4.69) is 10.6 Å². The normalized spacial score (nSPS) is 10.3. The number of nitrogens with zero attached hydrogens (tertiary/aromatic N) is 1. The number of hydrogen-bond acceptors (Lipinski definition) is 6. The summed E-state index contributed by atoms with van der Waals surface area (Å²) in [7, 11) is 0.